The second-order valence-electron chi connectivity index (χ2n) is 3.80. The molecule has 2 aromatic rings. The van der Waals surface area contributed by atoms with Crippen LogP contribution < -0.4 is 5.32 Å². The van der Waals surface area contributed by atoms with Crippen LogP contribution in [0.25, 0.3) is 5.82 Å². The van der Waals surface area contributed by atoms with E-state index in [1.165, 1.54) is 13.1 Å². The number of hydrogen-bond acceptors (Lipinski definition) is 4. The van der Waals surface area contributed by atoms with Gasteiger partial charge in [-0.3, -0.25) is 14.2 Å². The molecular weight excluding hydrogens is 232 g/mol. The number of amides is 1. The Balaban J connectivity index is 2.04. The van der Waals surface area contributed by atoms with E-state index >= 15 is 0 Å². The molecule has 0 aliphatic heterocycles. The van der Waals surface area contributed by atoms with E-state index in [9.17, 15) is 9.59 Å². The van der Waals surface area contributed by atoms with E-state index in [0.717, 1.165) is 0 Å². The smallest absolute Gasteiger partial charge is 0.231 e. The van der Waals surface area contributed by atoms with Gasteiger partial charge in [0, 0.05) is 12.4 Å². The average Bonchev–Trinajstić information content (AvgIpc) is 2.82. The van der Waals surface area contributed by atoms with Crippen LogP contribution in [-0.4, -0.2) is 26.2 Å². The molecule has 1 amide bonds. The fourth-order valence-electron chi connectivity index (χ4n) is 1.44. The van der Waals surface area contributed by atoms with Crippen LogP contribution in [0.4, 0.5) is 5.69 Å². The van der Waals surface area contributed by atoms with Crippen LogP contribution in [0.2, 0.25) is 0 Å². The molecule has 0 fully saturated rings. The molecule has 0 saturated carbocycles. The second-order valence-corrected chi connectivity index (χ2v) is 3.80. The Morgan fingerprint density at radius 3 is 2.78 bits per heavy atom. The van der Waals surface area contributed by atoms with Crippen molar-refractivity contribution in [1.29, 1.82) is 0 Å². The summed E-state index contributed by atoms with van der Waals surface area (Å²) in [5.74, 6) is 0.201. The van der Waals surface area contributed by atoms with Crippen molar-refractivity contribution < 1.29 is 9.59 Å². The Morgan fingerprint density at radius 2 is 2.22 bits per heavy atom. The van der Waals surface area contributed by atoms with Gasteiger partial charge in [-0.25, -0.2) is 9.97 Å². The molecule has 0 aliphatic carbocycles. The molecule has 0 aromatic carbocycles. The SMILES string of the molecule is CC(=O)CC(=O)Nc1ccc(-n2ccnc2)nc1. The number of imidazole rings is 1. The van der Waals surface area contributed by atoms with Crippen molar-refractivity contribution >= 4 is 17.4 Å². The summed E-state index contributed by atoms with van der Waals surface area (Å²) in [6.45, 7) is 1.37. The van der Waals surface area contributed by atoms with Gasteiger partial charge in [0.25, 0.3) is 0 Å². The standard InChI is InChI=1S/C12H12N4O2/c1-9(17)6-12(18)15-10-2-3-11(14-7-10)16-5-4-13-8-16/h2-5,7-8H,6H2,1H3,(H,15,18). The first-order valence-corrected chi connectivity index (χ1v) is 5.39. The van der Waals surface area contributed by atoms with Crippen LogP contribution in [0.1, 0.15) is 13.3 Å². The molecule has 6 heteroatoms. The third kappa shape index (κ3) is 3.00. The van der Waals surface area contributed by atoms with Gasteiger partial charge in [0.05, 0.1) is 18.3 Å². The van der Waals surface area contributed by atoms with Crippen molar-refractivity contribution in [1.82, 2.24) is 14.5 Å². The lowest BCUT2D eigenvalue weighted by Gasteiger charge is -2.05. The maximum Gasteiger partial charge on any atom is 0.231 e. The number of hydrogen-bond donors (Lipinski definition) is 1. The molecular formula is C12H12N4O2. The Kier molecular flexibility index (Phi) is 3.47. The zero-order chi connectivity index (χ0) is 13.0. The normalized spacial score (nSPS) is 10.1. The third-order valence-corrected chi connectivity index (χ3v) is 2.21. The van der Waals surface area contributed by atoms with E-state index in [0.29, 0.717) is 11.5 Å². The van der Waals surface area contributed by atoms with Gasteiger partial charge in [0.15, 0.2) is 0 Å². The number of carbonyl (C=O) groups excluding carboxylic acids is 2. The summed E-state index contributed by atoms with van der Waals surface area (Å²) in [6, 6.07) is 3.48. The molecule has 0 unspecified atom stereocenters. The highest BCUT2D eigenvalue weighted by molar-refractivity contribution is 6.03. The number of anilines is 1. The second kappa shape index (κ2) is 5.22. The number of Topliss-reactive ketones (excluding diaryl/α,β-unsaturated/α-hetero) is 1. The van der Waals surface area contributed by atoms with Gasteiger partial charge in [-0.05, 0) is 19.1 Å². The molecule has 18 heavy (non-hydrogen) atoms. The highest BCUT2D eigenvalue weighted by atomic mass is 16.2. The van der Waals surface area contributed by atoms with Crippen LogP contribution in [0.3, 0.4) is 0 Å². The third-order valence-electron chi connectivity index (χ3n) is 2.21. The largest absolute Gasteiger partial charge is 0.324 e. The first-order valence-electron chi connectivity index (χ1n) is 5.39. The van der Waals surface area contributed by atoms with Crippen molar-refractivity contribution in [3.05, 3.63) is 37.1 Å². The molecule has 2 heterocycles. The minimum atomic E-state index is -0.334. The molecule has 1 N–H and O–H groups in total. The van der Waals surface area contributed by atoms with Gasteiger partial charge in [-0.15, -0.1) is 0 Å². The molecule has 92 valence electrons. The molecule has 0 aliphatic rings. The summed E-state index contributed by atoms with van der Waals surface area (Å²) in [6.07, 6.45) is 6.48. The molecule has 2 aromatic heterocycles. The number of nitrogens with zero attached hydrogens (tertiary/aromatic N) is 3. The van der Waals surface area contributed by atoms with Gasteiger partial charge in [-0.2, -0.15) is 0 Å². The highest BCUT2D eigenvalue weighted by Gasteiger charge is 2.05. The predicted octanol–water partition coefficient (Wildman–Crippen LogP) is 1.18. The molecule has 0 bridgehead atoms. The molecule has 0 spiro atoms. The Hall–Kier alpha value is -2.50. The number of rotatable bonds is 4. The van der Waals surface area contributed by atoms with E-state index in [1.807, 2.05) is 0 Å². The highest BCUT2D eigenvalue weighted by Crippen LogP contribution is 2.09. The maximum absolute atomic E-state index is 11.4. The molecule has 0 atom stereocenters. The van der Waals surface area contributed by atoms with Gasteiger partial charge in [0.1, 0.15) is 17.9 Å². The number of carbonyl (C=O) groups is 2. The van der Waals surface area contributed by atoms with Crippen molar-refractivity contribution in [2.24, 2.45) is 0 Å². The van der Waals surface area contributed by atoms with E-state index in [4.69, 9.17) is 0 Å². The summed E-state index contributed by atoms with van der Waals surface area (Å²) in [5.41, 5.74) is 0.560. The van der Waals surface area contributed by atoms with Crippen molar-refractivity contribution in [3.63, 3.8) is 0 Å². The first kappa shape index (κ1) is 12.0. The van der Waals surface area contributed by atoms with Crippen LogP contribution >= 0.6 is 0 Å². The molecule has 0 radical (unpaired) electrons. The fourth-order valence-corrected chi connectivity index (χ4v) is 1.44. The quantitative estimate of drug-likeness (QED) is 0.819. The zero-order valence-corrected chi connectivity index (χ0v) is 9.83. The molecule has 2 rings (SSSR count). The Labute approximate surface area is 104 Å². The Bertz CT molecular complexity index is 546. The van der Waals surface area contributed by atoms with E-state index in [2.05, 4.69) is 15.3 Å². The monoisotopic (exact) mass is 244 g/mol. The lowest BCUT2D eigenvalue weighted by molar-refractivity contribution is -0.124. The van der Waals surface area contributed by atoms with Gasteiger partial charge in [-0.1, -0.05) is 0 Å². The summed E-state index contributed by atoms with van der Waals surface area (Å²) < 4.78 is 1.75. The van der Waals surface area contributed by atoms with E-state index in [-0.39, 0.29) is 18.1 Å². The van der Waals surface area contributed by atoms with Gasteiger partial charge >= 0.3 is 0 Å². The summed E-state index contributed by atoms with van der Waals surface area (Å²) in [4.78, 5) is 30.2. The number of pyridine rings is 1. The van der Waals surface area contributed by atoms with E-state index < -0.39 is 0 Å². The molecule has 0 saturated heterocycles. The van der Waals surface area contributed by atoms with Crippen molar-refractivity contribution in [2.45, 2.75) is 13.3 Å². The topological polar surface area (TPSA) is 76.9 Å². The molecule has 6 nitrogen and oxygen atoms in total. The van der Waals surface area contributed by atoms with E-state index in [1.54, 1.807) is 35.4 Å². The number of aromatic nitrogens is 3. The summed E-state index contributed by atoms with van der Waals surface area (Å²) >= 11 is 0. The van der Waals surface area contributed by atoms with Gasteiger partial charge < -0.3 is 5.32 Å². The fraction of sp³-hybridized carbons (Fsp3) is 0.167. The van der Waals surface area contributed by atoms with Gasteiger partial charge in [0.2, 0.25) is 5.91 Å². The minimum Gasteiger partial charge on any atom is -0.324 e. The zero-order valence-electron chi connectivity index (χ0n) is 9.83. The van der Waals surface area contributed by atoms with Crippen LogP contribution in [0.15, 0.2) is 37.1 Å². The van der Waals surface area contributed by atoms with Crippen LogP contribution in [0, 0.1) is 0 Å². The van der Waals surface area contributed by atoms with Crippen LogP contribution in [0.5, 0.6) is 0 Å². The maximum atomic E-state index is 11.4. The van der Waals surface area contributed by atoms with Crippen LogP contribution in [-0.2, 0) is 9.59 Å². The first-order chi connectivity index (χ1) is 8.65. The van der Waals surface area contributed by atoms with Crippen molar-refractivity contribution in [3.8, 4) is 5.82 Å². The Morgan fingerprint density at radius 1 is 1.39 bits per heavy atom. The average molecular weight is 244 g/mol. The summed E-state index contributed by atoms with van der Waals surface area (Å²) in [7, 11) is 0. The lowest BCUT2D eigenvalue weighted by atomic mass is 10.3. The van der Waals surface area contributed by atoms with Crippen molar-refractivity contribution in [2.75, 3.05) is 5.32 Å². The number of nitrogens with one attached hydrogen (secondary N) is 1. The summed E-state index contributed by atoms with van der Waals surface area (Å²) in [5, 5.41) is 2.60. The number of ketones is 1. The lowest BCUT2D eigenvalue weighted by Crippen LogP contribution is -2.14. The minimum absolute atomic E-state index is 0.122. The predicted molar refractivity (Wildman–Crippen MR) is 65.3 cm³/mol.